The predicted molar refractivity (Wildman–Crippen MR) is 92.9 cm³/mol. The van der Waals surface area contributed by atoms with Crippen LogP contribution in [0.15, 0.2) is 36.7 Å². The topological polar surface area (TPSA) is 56.2 Å². The lowest BCUT2D eigenvalue weighted by molar-refractivity contribution is 0.0601. The van der Waals surface area contributed by atoms with Crippen LogP contribution in [0.4, 0.5) is 5.69 Å². The molecule has 3 rings (SSSR count). The summed E-state index contributed by atoms with van der Waals surface area (Å²) in [5, 5.41) is 7.22. The summed E-state index contributed by atoms with van der Waals surface area (Å²) < 4.78 is 8.38. The summed E-state index contributed by atoms with van der Waals surface area (Å²) in [5.74, 6) is 0.496. The number of carbonyl (C=O) groups is 1. The quantitative estimate of drug-likeness (QED) is 0.787. The van der Waals surface area contributed by atoms with Gasteiger partial charge in [-0.05, 0) is 65.6 Å². The molecule has 1 aliphatic heterocycles. The van der Waals surface area contributed by atoms with E-state index in [4.69, 9.17) is 4.74 Å². The molecule has 1 fully saturated rings. The molecule has 0 bridgehead atoms. The number of nitrogens with one attached hydrogen (secondary N) is 1. The van der Waals surface area contributed by atoms with Crippen molar-refractivity contribution in [3.63, 3.8) is 0 Å². The molecule has 5 nitrogen and oxygen atoms in total. The highest BCUT2D eigenvalue weighted by Crippen LogP contribution is 2.18. The summed E-state index contributed by atoms with van der Waals surface area (Å²) in [7, 11) is 0. The van der Waals surface area contributed by atoms with Gasteiger partial charge in [-0.15, -0.1) is 0 Å². The Morgan fingerprint density at radius 1 is 1.32 bits per heavy atom. The summed E-state index contributed by atoms with van der Waals surface area (Å²) in [5.41, 5.74) is 1.38. The SMILES string of the molecule is O=C(Nc1cnn(CC2CCOCC2)c1)c1ccc(I)cc1. The van der Waals surface area contributed by atoms with Crippen LogP contribution in [0, 0.1) is 9.49 Å². The molecule has 0 spiro atoms. The molecule has 1 saturated heterocycles. The van der Waals surface area contributed by atoms with E-state index in [9.17, 15) is 4.79 Å². The molecule has 0 radical (unpaired) electrons. The molecule has 1 aliphatic rings. The smallest absolute Gasteiger partial charge is 0.255 e. The molecule has 22 heavy (non-hydrogen) atoms. The van der Waals surface area contributed by atoms with Gasteiger partial charge in [-0.2, -0.15) is 5.10 Å². The van der Waals surface area contributed by atoms with Crippen molar-refractivity contribution in [3.8, 4) is 0 Å². The third kappa shape index (κ3) is 4.07. The molecule has 1 amide bonds. The van der Waals surface area contributed by atoms with E-state index in [1.165, 1.54) is 0 Å². The molecule has 6 heteroatoms. The van der Waals surface area contributed by atoms with E-state index in [1.54, 1.807) is 6.20 Å². The molecule has 116 valence electrons. The summed E-state index contributed by atoms with van der Waals surface area (Å²) in [6.45, 7) is 2.55. The van der Waals surface area contributed by atoms with Gasteiger partial charge in [0.25, 0.3) is 5.91 Å². The monoisotopic (exact) mass is 411 g/mol. The van der Waals surface area contributed by atoms with Crippen molar-refractivity contribution in [1.29, 1.82) is 0 Å². The minimum absolute atomic E-state index is 0.109. The van der Waals surface area contributed by atoms with Crippen LogP contribution < -0.4 is 5.32 Å². The number of ether oxygens (including phenoxy) is 1. The van der Waals surface area contributed by atoms with Gasteiger partial charge in [0.2, 0.25) is 0 Å². The molecule has 1 aromatic heterocycles. The lowest BCUT2D eigenvalue weighted by Gasteiger charge is -2.21. The highest BCUT2D eigenvalue weighted by Gasteiger charge is 2.15. The predicted octanol–water partition coefficient (Wildman–Crippen LogP) is 3.17. The number of hydrogen-bond donors (Lipinski definition) is 1. The lowest BCUT2D eigenvalue weighted by atomic mass is 10.0. The average molecular weight is 411 g/mol. The van der Waals surface area contributed by atoms with E-state index in [0.29, 0.717) is 11.5 Å². The first-order chi connectivity index (χ1) is 10.7. The van der Waals surface area contributed by atoms with Crippen LogP contribution in [0.3, 0.4) is 0 Å². The minimum Gasteiger partial charge on any atom is -0.381 e. The first kappa shape index (κ1) is 15.5. The Kier molecular flexibility index (Phi) is 5.09. The molecule has 0 unspecified atom stereocenters. The zero-order valence-corrected chi connectivity index (χ0v) is 14.3. The van der Waals surface area contributed by atoms with Crippen molar-refractivity contribution in [2.75, 3.05) is 18.5 Å². The van der Waals surface area contributed by atoms with Gasteiger partial charge in [-0.25, -0.2) is 0 Å². The molecule has 1 aromatic carbocycles. The summed E-state index contributed by atoms with van der Waals surface area (Å²) in [4.78, 5) is 12.2. The molecule has 0 aliphatic carbocycles. The third-order valence-electron chi connectivity index (χ3n) is 3.78. The third-order valence-corrected chi connectivity index (χ3v) is 4.50. The van der Waals surface area contributed by atoms with Gasteiger partial charge >= 0.3 is 0 Å². The number of amides is 1. The average Bonchev–Trinajstić information content (AvgIpc) is 2.96. The summed E-state index contributed by atoms with van der Waals surface area (Å²) in [6.07, 6.45) is 5.73. The number of rotatable bonds is 4. The molecule has 2 heterocycles. The Balaban J connectivity index is 1.58. The molecule has 2 aromatic rings. The highest BCUT2D eigenvalue weighted by atomic mass is 127. The van der Waals surface area contributed by atoms with E-state index in [-0.39, 0.29) is 5.91 Å². The molecule has 1 N–H and O–H groups in total. The Morgan fingerprint density at radius 3 is 2.77 bits per heavy atom. The first-order valence-corrected chi connectivity index (χ1v) is 8.46. The fourth-order valence-corrected chi connectivity index (χ4v) is 2.89. The van der Waals surface area contributed by atoms with E-state index in [2.05, 4.69) is 33.0 Å². The maximum atomic E-state index is 12.2. The van der Waals surface area contributed by atoms with Crippen molar-refractivity contribution in [2.24, 2.45) is 5.92 Å². The fourth-order valence-electron chi connectivity index (χ4n) is 2.53. The Hall–Kier alpha value is -1.41. The zero-order valence-electron chi connectivity index (χ0n) is 12.2. The van der Waals surface area contributed by atoms with Gasteiger partial charge in [0.05, 0.1) is 11.9 Å². The normalized spacial score (nSPS) is 15.7. The highest BCUT2D eigenvalue weighted by molar-refractivity contribution is 14.1. The van der Waals surface area contributed by atoms with E-state index < -0.39 is 0 Å². The van der Waals surface area contributed by atoms with Crippen molar-refractivity contribution in [2.45, 2.75) is 19.4 Å². The van der Waals surface area contributed by atoms with Gasteiger partial charge in [0.15, 0.2) is 0 Å². The Morgan fingerprint density at radius 2 is 2.05 bits per heavy atom. The maximum Gasteiger partial charge on any atom is 0.255 e. The van der Waals surface area contributed by atoms with Crippen LogP contribution in [0.2, 0.25) is 0 Å². The summed E-state index contributed by atoms with van der Waals surface area (Å²) in [6, 6.07) is 7.49. The number of carbonyl (C=O) groups excluding carboxylic acids is 1. The molecule has 0 atom stereocenters. The van der Waals surface area contributed by atoms with E-state index >= 15 is 0 Å². The van der Waals surface area contributed by atoms with E-state index in [1.807, 2.05) is 35.1 Å². The van der Waals surface area contributed by atoms with E-state index in [0.717, 1.165) is 41.9 Å². The van der Waals surface area contributed by atoms with Crippen LogP contribution in [0.25, 0.3) is 0 Å². The largest absolute Gasteiger partial charge is 0.381 e. The van der Waals surface area contributed by atoms with Crippen LogP contribution in [-0.4, -0.2) is 28.9 Å². The Bertz CT molecular complexity index is 633. The summed E-state index contributed by atoms with van der Waals surface area (Å²) >= 11 is 2.22. The van der Waals surface area contributed by atoms with Crippen LogP contribution in [-0.2, 0) is 11.3 Å². The number of hydrogen-bond acceptors (Lipinski definition) is 3. The van der Waals surface area contributed by atoms with Crippen molar-refractivity contribution in [3.05, 3.63) is 45.8 Å². The first-order valence-electron chi connectivity index (χ1n) is 7.38. The molecular weight excluding hydrogens is 393 g/mol. The van der Waals surface area contributed by atoms with Crippen LogP contribution >= 0.6 is 22.6 Å². The molecule has 0 saturated carbocycles. The van der Waals surface area contributed by atoms with Crippen molar-refractivity contribution in [1.82, 2.24) is 9.78 Å². The van der Waals surface area contributed by atoms with Crippen LogP contribution in [0.1, 0.15) is 23.2 Å². The number of nitrogens with zero attached hydrogens (tertiary/aromatic N) is 2. The Labute approximate surface area is 143 Å². The standard InChI is InChI=1S/C16H18IN3O2/c17-14-3-1-13(2-4-14)16(21)19-15-9-18-20(11-15)10-12-5-7-22-8-6-12/h1-4,9,11-12H,5-8,10H2,(H,19,21). The number of anilines is 1. The van der Waals surface area contributed by atoms with Gasteiger partial charge in [-0.3, -0.25) is 9.48 Å². The second-order valence-corrected chi connectivity index (χ2v) is 6.71. The van der Waals surface area contributed by atoms with Crippen molar-refractivity contribution >= 4 is 34.2 Å². The van der Waals surface area contributed by atoms with Gasteiger partial charge in [0, 0.05) is 35.1 Å². The van der Waals surface area contributed by atoms with Gasteiger partial charge in [-0.1, -0.05) is 0 Å². The second-order valence-electron chi connectivity index (χ2n) is 5.47. The fraction of sp³-hybridized carbons (Fsp3) is 0.375. The second kappa shape index (κ2) is 7.23. The van der Waals surface area contributed by atoms with Gasteiger partial charge in [0.1, 0.15) is 0 Å². The minimum atomic E-state index is -0.109. The van der Waals surface area contributed by atoms with Crippen molar-refractivity contribution < 1.29 is 9.53 Å². The number of halogens is 1. The van der Waals surface area contributed by atoms with Gasteiger partial charge < -0.3 is 10.1 Å². The number of aromatic nitrogens is 2. The number of benzene rings is 1. The zero-order chi connectivity index (χ0) is 15.4. The van der Waals surface area contributed by atoms with Crippen LogP contribution in [0.5, 0.6) is 0 Å². The molecular formula is C16H18IN3O2. The maximum absolute atomic E-state index is 12.2. The lowest BCUT2D eigenvalue weighted by Crippen LogP contribution is -2.20.